The van der Waals surface area contributed by atoms with Crippen molar-refractivity contribution >= 4 is 10.8 Å². The molecule has 0 unspecified atom stereocenters. The Balaban J connectivity index is 2.16. The van der Waals surface area contributed by atoms with Crippen molar-refractivity contribution in [2.75, 3.05) is 0 Å². The number of rotatable bonds is 1. The number of phenolic OH excluding ortho intramolecular Hbond substituents is 2. The van der Waals surface area contributed by atoms with Crippen molar-refractivity contribution < 1.29 is 10.2 Å². The van der Waals surface area contributed by atoms with E-state index < -0.39 is 0 Å². The zero-order chi connectivity index (χ0) is 12.5. The van der Waals surface area contributed by atoms with E-state index in [0.717, 1.165) is 16.5 Å². The van der Waals surface area contributed by atoms with E-state index >= 15 is 0 Å². The number of fused-ring (bicyclic) bond motifs is 1. The third-order valence-corrected chi connectivity index (χ3v) is 3.06. The van der Waals surface area contributed by atoms with Crippen LogP contribution in [-0.4, -0.2) is 10.2 Å². The van der Waals surface area contributed by atoms with Crippen LogP contribution in [-0.2, 0) is 0 Å². The number of phenols is 2. The van der Waals surface area contributed by atoms with Crippen molar-refractivity contribution in [1.29, 1.82) is 0 Å². The zero-order valence-corrected chi connectivity index (χ0v) is 9.67. The molecule has 0 fully saturated rings. The number of hydrogen-bond donors (Lipinski definition) is 2. The molecular weight excluding hydrogens is 224 g/mol. The van der Waals surface area contributed by atoms with Crippen LogP contribution in [0.5, 0.6) is 11.5 Å². The molecule has 3 aromatic rings. The Morgan fingerprint density at radius 3 is 2.00 bits per heavy atom. The molecule has 0 aliphatic carbocycles. The van der Waals surface area contributed by atoms with Crippen LogP contribution in [0.15, 0.2) is 60.7 Å². The second-order valence-corrected chi connectivity index (χ2v) is 4.27. The third kappa shape index (κ3) is 1.78. The molecule has 2 nitrogen and oxygen atoms in total. The Kier molecular flexibility index (Phi) is 2.41. The summed E-state index contributed by atoms with van der Waals surface area (Å²) in [7, 11) is 0. The number of aromatic hydroxyl groups is 2. The largest absolute Gasteiger partial charge is 0.504 e. The van der Waals surface area contributed by atoms with E-state index in [4.69, 9.17) is 0 Å². The van der Waals surface area contributed by atoms with Gasteiger partial charge in [0.1, 0.15) is 0 Å². The summed E-state index contributed by atoms with van der Waals surface area (Å²) < 4.78 is 0. The van der Waals surface area contributed by atoms with Gasteiger partial charge in [-0.15, -0.1) is 0 Å². The van der Waals surface area contributed by atoms with E-state index in [9.17, 15) is 10.2 Å². The van der Waals surface area contributed by atoms with Gasteiger partial charge >= 0.3 is 0 Å². The molecular formula is C16H12O2. The Morgan fingerprint density at radius 2 is 1.22 bits per heavy atom. The Morgan fingerprint density at radius 1 is 0.556 bits per heavy atom. The maximum absolute atomic E-state index is 9.52. The number of benzene rings is 3. The predicted octanol–water partition coefficient (Wildman–Crippen LogP) is 3.92. The van der Waals surface area contributed by atoms with Crippen molar-refractivity contribution in [2.24, 2.45) is 0 Å². The minimum atomic E-state index is -0.0976. The first kappa shape index (κ1) is 10.7. The lowest BCUT2D eigenvalue weighted by molar-refractivity contribution is 0.404. The SMILES string of the molecule is Oc1ccc(-c2ccc3ccccc3c2)cc1O. The summed E-state index contributed by atoms with van der Waals surface area (Å²) in [6.45, 7) is 0. The molecule has 0 radical (unpaired) electrons. The average molecular weight is 236 g/mol. The first-order chi connectivity index (χ1) is 8.74. The van der Waals surface area contributed by atoms with Gasteiger partial charge in [-0.25, -0.2) is 0 Å². The van der Waals surface area contributed by atoms with E-state index in [0.29, 0.717) is 0 Å². The minimum Gasteiger partial charge on any atom is -0.504 e. The quantitative estimate of drug-likeness (QED) is 0.629. The van der Waals surface area contributed by atoms with Crippen LogP contribution in [0.3, 0.4) is 0 Å². The van der Waals surface area contributed by atoms with Crippen LogP contribution < -0.4 is 0 Å². The maximum atomic E-state index is 9.52. The first-order valence-electron chi connectivity index (χ1n) is 5.75. The molecule has 0 aliphatic heterocycles. The van der Waals surface area contributed by atoms with E-state index in [1.54, 1.807) is 12.1 Å². The van der Waals surface area contributed by atoms with Crippen molar-refractivity contribution in [2.45, 2.75) is 0 Å². The van der Waals surface area contributed by atoms with Gasteiger partial charge in [-0.05, 0) is 40.1 Å². The Hall–Kier alpha value is -2.48. The lowest BCUT2D eigenvalue weighted by atomic mass is 10.0. The molecule has 0 saturated heterocycles. The molecule has 0 aliphatic rings. The fourth-order valence-corrected chi connectivity index (χ4v) is 2.07. The molecule has 0 aromatic heterocycles. The summed E-state index contributed by atoms with van der Waals surface area (Å²) in [5.41, 5.74) is 1.90. The second kappa shape index (κ2) is 4.08. The molecule has 0 saturated carbocycles. The van der Waals surface area contributed by atoms with Crippen molar-refractivity contribution in [3.63, 3.8) is 0 Å². The highest BCUT2D eigenvalue weighted by atomic mass is 16.3. The third-order valence-electron chi connectivity index (χ3n) is 3.06. The molecule has 18 heavy (non-hydrogen) atoms. The normalized spacial score (nSPS) is 10.7. The molecule has 0 spiro atoms. The molecule has 0 atom stereocenters. The highest BCUT2D eigenvalue weighted by Crippen LogP contribution is 2.31. The summed E-state index contributed by atoms with van der Waals surface area (Å²) in [5, 5.41) is 21.2. The molecule has 2 N–H and O–H groups in total. The van der Waals surface area contributed by atoms with Gasteiger partial charge in [0.2, 0.25) is 0 Å². The average Bonchev–Trinajstić information content (AvgIpc) is 2.41. The van der Waals surface area contributed by atoms with E-state index in [1.165, 1.54) is 11.5 Å². The van der Waals surface area contributed by atoms with Gasteiger partial charge < -0.3 is 10.2 Å². The molecule has 0 amide bonds. The maximum Gasteiger partial charge on any atom is 0.158 e. The summed E-state index contributed by atoms with van der Waals surface area (Å²) >= 11 is 0. The van der Waals surface area contributed by atoms with Gasteiger partial charge in [-0.2, -0.15) is 0 Å². The minimum absolute atomic E-state index is 0.0966. The topological polar surface area (TPSA) is 40.5 Å². The van der Waals surface area contributed by atoms with Crippen LogP contribution in [0.1, 0.15) is 0 Å². The van der Waals surface area contributed by atoms with Crippen LogP contribution >= 0.6 is 0 Å². The monoisotopic (exact) mass is 236 g/mol. The fourth-order valence-electron chi connectivity index (χ4n) is 2.07. The van der Waals surface area contributed by atoms with Gasteiger partial charge in [-0.3, -0.25) is 0 Å². The molecule has 2 heteroatoms. The van der Waals surface area contributed by atoms with Gasteiger partial charge in [0, 0.05) is 0 Å². The van der Waals surface area contributed by atoms with Crippen molar-refractivity contribution in [1.82, 2.24) is 0 Å². The molecule has 3 aromatic carbocycles. The highest BCUT2D eigenvalue weighted by Gasteiger charge is 2.03. The molecule has 3 rings (SSSR count). The Bertz CT molecular complexity index is 717. The first-order valence-corrected chi connectivity index (χ1v) is 5.75. The summed E-state index contributed by atoms with van der Waals surface area (Å²) in [4.78, 5) is 0. The van der Waals surface area contributed by atoms with Crippen LogP contribution in [0.25, 0.3) is 21.9 Å². The van der Waals surface area contributed by atoms with Gasteiger partial charge in [0.15, 0.2) is 11.5 Å². The van der Waals surface area contributed by atoms with E-state index in [2.05, 4.69) is 24.3 Å². The molecule has 0 heterocycles. The van der Waals surface area contributed by atoms with Crippen molar-refractivity contribution in [3.05, 3.63) is 60.7 Å². The molecule has 0 bridgehead atoms. The van der Waals surface area contributed by atoms with Gasteiger partial charge in [0.25, 0.3) is 0 Å². The van der Waals surface area contributed by atoms with Gasteiger partial charge in [-0.1, -0.05) is 42.5 Å². The molecule has 88 valence electrons. The van der Waals surface area contributed by atoms with Crippen LogP contribution in [0, 0.1) is 0 Å². The van der Waals surface area contributed by atoms with Gasteiger partial charge in [0.05, 0.1) is 0 Å². The lowest BCUT2D eigenvalue weighted by Crippen LogP contribution is -1.79. The summed E-state index contributed by atoms with van der Waals surface area (Å²) in [6, 6.07) is 19.1. The smallest absolute Gasteiger partial charge is 0.158 e. The predicted molar refractivity (Wildman–Crippen MR) is 72.7 cm³/mol. The van der Waals surface area contributed by atoms with E-state index in [-0.39, 0.29) is 11.5 Å². The second-order valence-electron chi connectivity index (χ2n) is 4.27. The van der Waals surface area contributed by atoms with E-state index in [1.807, 2.05) is 18.2 Å². The lowest BCUT2D eigenvalue weighted by Gasteiger charge is -2.05. The Labute approximate surface area is 105 Å². The van der Waals surface area contributed by atoms with Crippen LogP contribution in [0.2, 0.25) is 0 Å². The summed E-state index contributed by atoms with van der Waals surface area (Å²) in [6.07, 6.45) is 0. The standard InChI is InChI=1S/C16H12O2/c17-15-8-7-14(10-16(15)18)13-6-5-11-3-1-2-4-12(11)9-13/h1-10,17-18H. The number of hydrogen-bond acceptors (Lipinski definition) is 2. The fraction of sp³-hybridized carbons (Fsp3) is 0. The highest BCUT2D eigenvalue weighted by molar-refractivity contribution is 5.87. The summed E-state index contributed by atoms with van der Waals surface area (Å²) in [5.74, 6) is -0.194. The van der Waals surface area contributed by atoms with Crippen molar-refractivity contribution in [3.8, 4) is 22.6 Å². The van der Waals surface area contributed by atoms with Crippen LogP contribution in [0.4, 0.5) is 0 Å². The zero-order valence-electron chi connectivity index (χ0n) is 9.67.